The van der Waals surface area contributed by atoms with Crippen LogP contribution < -0.4 is 10.1 Å². The Morgan fingerprint density at radius 2 is 1.88 bits per heavy atom. The first kappa shape index (κ1) is 20.9. The number of benzene rings is 2. The maximum Gasteiger partial charge on any atom is 0.277 e. The first-order valence-corrected chi connectivity index (χ1v) is 10.2. The standard InChI is InChI=1S/C24H22N6O2/c1-17(2)18-8-10-21(11-9-18)32-16-29-13-12-22(28-29)24(31)27-23-19(14-25)15-26-30(23)20-6-4-3-5-7-20/h3-13,15,17H,16H2,1-2H3,(H,27,31). The van der Waals surface area contributed by atoms with Crippen LogP contribution >= 0.6 is 0 Å². The molecule has 0 saturated heterocycles. The van der Waals surface area contributed by atoms with E-state index >= 15 is 0 Å². The fourth-order valence-corrected chi connectivity index (χ4v) is 3.13. The molecule has 0 radical (unpaired) electrons. The van der Waals surface area contributed by atoms with E-state index < -0.39 is 5.91 Å². The van der Waals surface area contributed by atoms with Gasteiger partial charge in [-0.3, -0.25) is 4.79 Å². The maximum atomic E-state index is 12.8. The molecule has 2 aromatic carbocycles. The lowest BCUT2D eigenvalue weighted by Gasteiger charge is -2.09. The molecule has 0 aliphatic carbocycles. The Bertz CT molecular complexity index is 1250. The van der Waals surface area contributed by atoms with Crippen LogP contribution in [0.5, 0.6) is 5.75 Å². The SMILES string of the molecule is CC(C)c1ccc(OCn2ccc(C(=O)Nc3c(C#N)cnn3-c3ccccc3)n2)cc1. The monoisotopic (exact) mass is 426 g/mol. The molecule has 160 valence electrons. The van der Waals surface area contributed by atoms with Crippen molar-refractivity contribution >= 4 is 11.7 Å². The third kappa shape index (κ3) is 4.52. The van der Waals surface area contributed by atoms with Crippen LogP contribution in [-0.2, 0) is 6.73 Å². The number of anilines is 1. The smallest absolute Gasteiger partial charge is 0.277 e. The number of ether oxygens (including phenoxy) is 1. The molecule has 0 aliphatic heterocycles. The molecule has 0 saturated carbocycles. The molecule has 0 spiro atoms. The zero-order valence-electron chi connectivity index (χ0n) is 17.8. The van der Waals surface area contributed by atoms with Crippen molar-refractivity contribution in [1.82, 2.24) is 19.6 Å². The van der Waals surface area contributed by atoms with E-state index in [2.05, 4.69) is 35.4 Å². The maximum absolute atomic E-state index is 12.8. The summed E-state index contributed by atoms with van der Waals surface area (Å²) in [5.41, 5.74) is 2.43. The summed E-state index contributed by atoms with van der Waals surface area (Å²) in [6, 6.07) is 20.8. The minimum atomic E-state index is -0.445. The Labute approximate surface area is 185 Å². The van der Waals surface area contributed by atoms with E-state index in [1.807, 2.05) is 54.6 Å². The van der Waals surface area contributed by atoms with E-state index in [0.29, 0.717) is 11.7 Å². The summed E-state index contributed by atoms with van der Waals surface area (Å²) in [4.78, 5) is 12.8. The lowest BCUT2D eigenvalue weighted by atomic mass is 10.0. The summed E-state index contributed by atoms with van der Waals surface area (Å²) in [6.07, 6.45) is 3.08. The zero-order chi connectivity index (χ0) is 22.5. The van der Waals surface area contributed by atoms with Crippen molar-refractivity contribution in [2.45, 2.75) is 26.5 Å². The van der Waals surface area contributed by atoms with Gasteiger partial charge in [-0.15, -0.1) is 0 Å². The van der Waals surface area contributed by atoms with Gasteiger partial charge in [-0.1, -0.05) is 44.2 Å². The van der Waals surface area contributed by atoms with Crippen LogP contribution in [0, 0.1) is 11.3 Å². The summed E-state index contributed by atoms with van der Waals surface area (Å²) in [5, 5.41) is 20.7. The number of amides is 1. The van der Waals surface area contributed by atoms with Gasteiger partial charge in [0.2, 0.25) is 0 Å². The van der Waals surface area contributed by atoms with Crippen molar-refractivity contribution < 1.29 is 9.53 Å². The Morgan fingerprint density at radius 1 is 1.12 bits per heavy atom. The van der Waals surface area contributed by atoms with Gasteiger partial charge < -0.3 is 10.1 Å². The van der Waals surface area contributed by atoms with Gasteiger partial charge in [-0.25, -0.2) is 9.36 Å². The summed E-state index contributed by atoms with van der Waals surface area (Å²) < 4.78 is 8.79. The predicted octanol–water partition coefficient (Wildman–Crippen LogP) is 4.35. The van der Waals surface area contributed by atoms with Gasteiger partial charge in [0.15, 0.2) is 18.2 Å². The summed E-state index contributed by atoms with van der Waals surface area (Å²) in [6.45, 7) is 4.44. The number of aromatic nitrogens is 4. The molecule has 8 heteroatoms. The van der Waals surface area contributed by atoms with Gasteiger partial charge in [-0.2, -0.15) is 15.5 Å². The topological polar surface area (TPSA) is 97.8 Å². The third-order valence-corrected chi connectivity index (χ3v) is 4.91. The summed E-state index contributed by atoms with van der Waals surface area (Å²) in [5.74, 6) is 1.02. The molecule has 4 rings (SSSR count). The fraction of sp³-hybridized carbons (Fsp3) is 0.167. The first-order valence-electron chi connectivity index (χ1n) is 10.2. The molecular formula is C24H22N6O2. The number of carbonyl (C=O) groups excluding carboxylic acids is 1. The highest BCUT2D eigenvalue weighted by Crippen LogP contribution is 2.21. The average molecular weight is 426 g/mol. The molecule has 8 nitrogen and oxygen atoms in total. The minimum absolute atomic E-state index is 0.166. The van der Waals surface area contributed by atoms with Crippen LogP contribution in [0.1, 0.15) is 41.4 Å². The molecule has 0 fully saturated rings. The number of carbonyl (C=O) groups is 1. The second-order valence-electron chi connectivity index (χ2n) is 7.46. The van der Waals surface area contributed by atoms with Crippen LogP contribution in [0.4, 0.5) is 5.82 Å². The highest BCUT2D eigenvalue weighted by molar-refractivity contribution is 6.03. The average Bonchev–Trinajstić information content (AvgIpc) is 3.45. The van der Waals surface area contributed by atoms with E-state index in [1.165, 1.54) is 21.1 Å². The van der Waals surface area contributed by atoms with Gasteiger partial charge in [0.25, 0.3) is 5.91 Å². The first-order chi connectivity index (χ1) is 15.5. The van der Waals surface area contributed by atoms with Crippen LogP contribution in [0.25, 0.3) is 5.69 Å². The van der Waals surface area contributed by atoms with Gasteiger partial charge in [0.1, 0.15) is 17.4 Å². The molecular weight excluding hydrogens is 404 g/mol. The van der Waals surface area contributed by atoms with E-state index in [4.69, 9.17) is 4.74 Å². The zero-order valence-corrected chi connectivity index (χ0v) is 17.8. The van der Waals surface area contributed by atoms with Gasteiger partial charge in [-0.05, 0) is 41.8 Å². The van der Waals surface area contributed by atoms with Crippen LogP contribution in [-0.4, -0.2) is 25.5 Å². The van der Waals surface area contributed by atoms with Crippen molar-refractivity contribution in [3.63, 3.8) is 0 Å². The Morgan fingerprint density at radius 3 is 2.56 bits per heavy atom. The highest BCUT2D eigenvalue weighted by Gasteiger charge is 2.17. The molecule has 2 heterocycles. The highest BCUT2D eigenvalue weighted by atomic mass is 16.5. The van der Waals surface area contributed by atoms with Crippen molar-refractivity contribution in [3.05, 3.63) is 89.9 Å². The summed E-state index contributed by atoms with van der Waals surface area (Å²) >= 11 is 0. The number of hydrogen-bond acceptors (Lipinski definition) is 5. The molecule has 2 aromatic heterocycles. The quantitative estimate of drug-likeness (QED) is 0.474. The number of hydrogen-bond donors (Lipinski definition) is 1. The lowest BCUT2D eigenvalue weighted by Crippen LogP contribution is -2.17. The predicted molar refractivity (Wildman–Crippen MR) is 120 cm³/mol. The Balaban J connectivity index is 1.45. The van der Waals surface area contributed by atoms with Crippen molar-refractivity contribution in [1.29, 1.82) is 5.26 Å². The van der Waals surface area contributed by atoms with Gasteiger partial charge in [0.05, 0.1) is 11.9 Å². The van der Waals surface area contributed by atoms with E-state index in [1.54, 1.807) is 12.3 Å². The normalized spacial score (nSPS) is 10.7. The Hall–Kier alpha value is -4.38. The van der Waals surface area contributed by atoms with Crippen LogP contribution in [0.3, 0.4) is 0 Å². The molecule has 32 heavy (non-hydrogen) atoms. The van der Waals surface area contributed by atoms with Crippen molar-refractivity contribution in [2.75, 3.05) is 5.32 Å². The van der Waals surface area contributed by atoms with Crippen LogP contribution in [0.2, 0.25) is 0 Å². The molecule has 0 aliphatic rings. The molecule has 0 bridgehead atoms. The number of para-hydroxylation sites is 1. The summed E-state index contributed by atoms with van der Waals surface area (Å²) in [7, 11) is 0. The second-order valence-corrected chi connectivity index (χ2v) is 7.46. The number of nitrogens with one attached hydrogen (secondary N) is 1. The third-order valence-electron chi connectivity index (χ3n) is 4.91. The largest absolute Gasteiger partial charge is 0.471 e. The molecule has 0 unspecified atom stereocenters. The number of nitrogens with zero attached hydrogens (tertiary/aromatic N) is 5. The van der Waals surface area contributed by atoms with Crippen molar-refractivity contribution in [2.24, 2.45) is 0 Å². The van der Waals surface area contributed by atoms with E-state index in [0.717, 1.165) is 11.4 Å². The second kappa shape index (κ2) is 9.18. The van der Waals surface area contributed by atoms with Crippen LogP contribution in [0.15, 0.2) is 73.1 Å². The van der Waals surface area contributed by atoms with E-state index in [-0.39, 0.29) is 18.0 Å². The molecule has 1 amide bonds. The minimum Gasteiger partial charge on any atom is -0.471 e. The van der Waals surface area contributed by atoms with Gasteiger partial charge in [0, 0.05) is 6.20 Å². The Kier molecular flexibility index (Phi) is 5.99. The number of nitriles is 1. The van der Waals surface area contributed by atoms with E-state index in [9.17, 15) is 10.1 Å². The van der Waals surface area contributed by atoms with Crippen molar-refractivity contribution in [3.8, 4) is 17.5 Å². The molecule has 0 atom stereocenters. The lowest BCUT2D eigenvalue weighted by molar-refractivity contribution is 0.101. The molecule has 4 aromatic rings. The molecule has 1 N–H and O–H groups in total. The fourth-order valence-electron chi connectivity index (χ4n) is 3.13. The van der Waals surface area contributed by atoms with Gasteiger partial charge >= 0.3 is 0 Å². The number of rotatable bonds is 7.